The second-order valence-electron chi connectivity index (χ2n) is 7.62. The van der Waals surface area contributed by atoms with Crippen molar-refractivity contribution in [2.75, 3.05) is 18.0 Å². The first kappa shape index (κ1) is 17.1. The topological polar surface area (TPSA) is 99.3 Å². The Morgan fingerprint density at radius 1 is 0.933 bits per heavy atom. The van der Waals surface area contributed by atoms with Crippen LogP contribution in [0.3, 0.4) is 0 Å². The van der Waals surface area contributed by atoms with E-state index in [1.807, 2.05) is 30.7 Å². The number of aromatic amines is 2. The molecule has 5 heterocycles. The molecule has 0 saturated carbocycles. The minimum atomic E-state index is 0.717. The number of benzene rings is 1. The number of anilines is 1. The molecule has 0 bridgehead atoms. The number of nitrogens with zero attached hydrogens (tertiary/aromatic N) is 6. The minimum absolute atomic E-state index is 0.717. The van der Waals surface area contributed by atoms with E-state index in [9.17, 15) is 0 Å². The summed E-state index contributed by atoms with van der Waals surface area (Å²) in [6.45, 7) is 2.14. The molecule has 2 N–H and O–H groups in total. The van der Waals surface area contributed by atoms with Crippen molar-refractivity contribution in [3.8, 4) is 22.6 Å². The molecular formula is C22H20N8. The van der Waals surface area contributed by atoms with Crippen molar-refractivity contribution in [1.29, 1.82) is 0 Å². The first-order valence-electron chi connectivity index (χ1n) is 10.2. The zero-order valence-corrected chi connectivity index (χ0v) is 16.3. The van der Waals surface area contributed by atoms with Gasteiger partial charge in [-0.15, -0.1) is 0 Å². The maximum absolute atomic E-state index is 4.76. The maximum atomic E-state index is 4.76. The lowest BCUT2D eigenvalue weighted by molar-refractivity contribution is 0.578. The summed E-state index contributed by atoms with van der Waals surface area (Å²) in [5.74, 6) is 0.717. The van der Waals surface area contributed by atoms with Gasteiger partial charge in [-0.2, -0.15) is 5.10 Å². The van der Waals surface area contributed by atoms with Crippen LogP contribution in [0.2, 0.25) is 0 Å². The van der Waals surface area contributed by atoms with Crippen LogP contribution in [-0.2, 0) is 0 Å². The lowest BCUT2D eigenvalue weighted by Gasteiger charge is -2.28. The predicted molar refractivity (Wildman–Crippen MR) is 116 cm³/mol. The molecule has 0 amide bonds. The molecule has 0 atom stereocenters. The third-order valence-electron chi connectivity index (χ3n) is 5.75. The van der Waals surface area contributed by atoms with Gasteiger partial charge in [0, 0.05) is 42.6 Å². The van der Waals surface area contributed by atoms with E-state index < -0.39 is 0 Å². The van der Waals surface area contributed by atoms with Gasteiger partial charge in [0.25, 0.3) is 0 Å². The third kappa shape index (κ3) is 2.80. The average molecular weight is 396 g/mol. The zero-order valence-electron chi connectivity index (χ0n) is 16.3. The van der Waals surface area contributed by atoms with E-state index in [4.69, 9.17) is 4.98 Å². The molecule has 8 heteroatoms. The number of H-pyrrole nitrogens is 2. The number of hydrogen-bond acceptors (Lipinski definition) is 6. The highest BCUT2D eigenvalue weighted by Gasteiger charge is 2.19. The Kier molecular flexibility index (Phi) is 3.93. The van der Waals surface area contributed by atoms with Crippen LogP contribution in [0, 0.1) is 0 Å². The van der Waals surface area contributed by atoms with Crippen LogP contribution in [-0.4, -0.2) is 48.2 Å². The van der Waals surface area contributed by atoms with E-state index in [-0.39, 0.29) is 0 Å². The molecule has 0 unspecified atom stereocenters. The molecule has 1 aromatic carbocycles. The van der Waals surface area contributed by atoms with Gasteiger partial charge in [0.15, 0.2) is 11.5 Å². The highest BCUT2D eigenvalue weighted by atomic mass is 15.2. The van der Waals surface area contributed by atoms with Crippen molar-refractivity contribution in [3.63, 3.8) is 0 Å². The van der Waals surface area contributed by atoms with Crippen LogP contribution in [0.15, 0.2) is 49.2 Å². The van der Waals surface area contributed by atoms with Crippen LogP contribution in [0.1, 0.15) is 19.3 Å². The molecule has 0 aliphatic carbocycles. The first-order valence-corrected chi connectivity index (χ1v) is 10.2. The average Bonchev–Trinajstić information content (AvgIpc) is 3.43. The van der Waals surface area contributed by atoms with Crippen LogP contribution in [0.5, 0.6) is 0 Å². The van der Waals surface area contributed by atoms with Crippen molar-refractivity contribution in [3.05, 3.63) is 49.2 Å². The summed E-state index contributed by atoms with van der Waals surface area (Å²) < 4.78 is 0. The van der Waals surface area contributed by atoms with Crippen molar-refractivity contribution in [2.24, 2.45) is 0 Å². The SMILES string of the molecule is c1ncc(-c2ccc3[nH]nc(-c4nc5nccc(N6CCCCC6)c5[nH]4)c3c2)cn1. The molecule has 1 saturated heterocycles. The van der Waals surface area contributed by atoms with Crippen molar-refractivity contribution in [2.45, 2.75) is 19.3 Å². The van der Waals surface area contributed by atoms with E-state index in [0.29, 0.717) is 0 Å². The Bertz CT molecular complexity index is 1330. The minimum Gasteiger partial charge on any atom is -0.370 e. The van der Waals surface area contributed by atoms with Gasteiger partial charge in [0.05, 0.1) is 11.2 Å². The van der Waals surface area contributed by atoms with E-state index in [0.717, 1.165) is 57.8 Å². The summed E-state index contributed by atoms with van der Waals surface area (Å²) >= 11 is 0. The second kappa shape index (κ2) is 6.91. The van der Waals surface area contributed by atoms with Gasteiger partial charge >= 0.3 is 0 Å². The molecule has 0 radical (unpaired) electrons. The van der Waals surface area contributed by atoms with Crippen LogP contribution in [0.25, 0.3) is 44.7 Å². The molecule has 148 valence electrons. The Morgan fingerprint density at radius 2 is 1.80 bits per heavy atom. The Labute approximate surface area is 172 Å². The predicted octanol–water partition coefficient (Wildman–Crippen LogP) is 3.95. The monoisotopic (exact) mass is 396 g/mol. The standard InChI is InChI=1S/C22H20N8/c1-2-8-30(9-3-1)18-6-7-25-21-20(18)26-22(27-21)19-16-10-14(4-5-17(16)28-29-19)15-11-23-13-24-12-15/h4-7,10-13H,1-3,8-9H2,(H,28,29)(H,25,26,27). The molecule has 5 aromatic rings. The Morgan fingerprint density at radius 3 is 2.67 bits per heavy atom. The second-order valence-corrected chi connectivity index (χ2v) is 7.62. The number of piperidine rings is 1. The number of fused-ring (bicyclic) bond motifs is 2. The fourth-order valence-electron chi connectivity index (χ4n) is 4.23. The Hall–Kier alpha value is -3.81. The van der Waals surface area contributed by atoms with Crippen molar-refractivity contribution < 1.29 is 0 Å². The molecule has 1 aliphatic heterocycles. The third-order valence-corrected chi connectivity index (χ3v) is 5.75. The molecule has 6 rings (SSSR count). The molecule has 1 fully saturated rings. The summed E-state index contributed by atoms with van der Waals surface area (Å²) in [4.78, 5) is 23.4. The van der Waals surface area contributed by atoms with E-state index in [2.05, 4.69) is 47.2 Å². The Balaban J connectivity index is 1.47. The van der Waals surface area contributed by atoms with E-state index >= 15 is 0 Å². The largest absolute Gasteiger partial charge is 0.370 e. The number of aromatic nitrogens is 7. The number of nitrogens with one attached hydrogen (secondary N) is 2. The highest BCUT2D eigenvalue weighted by Crippen LogP contribution is 2.32. The van der Waals surface area contributed by atoms with E-state index in [1.165, 1.54) is 31.3 Å². The maximum Gasteiger partial charge on any atom is 0.180 e. The molecule has 1 aliphatic rings. The molecule has 8 nitrogen and oxygen atoms in total. The van der Waals surface area contributed by atoms with Crippen molar-refractivity contribution in [1.82, 2.24) is 35.1 Å². The summed E-state index contributed by atoms with van der Waals surface area (Å²) in [6.07, 6.45) is 10.7. The first-order chi connectivity index (χ1) is 14.9. The fourth-order valence-corrected chi connectivity index (χ4v) is 4.23. The molecular weight excluding hydrogens is 376 g/mol. The van der Waals surface area contributed by atoms with Gasteiger partial charge in [0.1, 0.15) is 17.5 Å². The highest BCUT2D eigenvalue weighted by molar-refractivity contribution is 5.96. The smallest absolute Gasteiger partial charge is 0.180 e. The summed E-state index contributed by atoms with van der Waals surface area (Å²) in [5, 5.41) is 8.66. The van der Waals surface area contributed by atoms with Gasteiger partial charge in [-0.05, 0) is 43.0 Å². The lowest BCUT2D eigenvalue weighted by Crippen LogP contribution is -2.29. The normalized spacial score (nSPS) is 14.6. The van der Waals surface area contributed by atoms with E-state index in [1.54, 1.807) is 0 Å². The number of pyridine rings is 1. The lowest BCUT2D eigenvalue weighted by atomic mass is 10.1. The molecule has 30 heavy (non-hydrogen) atoms. The number of hydrogen-bond donors (Lipinski definition) is 2. The van der Waals surface area contributed by atoms with Gasteiger partial charge in [0.2, 0.25) is 0 Å². The van der Waals surface area contributed by atoms with Gasteiger partial charge < -0.3 is 9.88 Å². The zero-order chi connectivity index (χ0) is 19.9. The van der Waals surface area contributed by atoms with Gasteiger partial charge in [-0.1, -0.05) is 6.07 Å². The summed E-state index contributed by atoms with van der Waals surface area (Å²) in [5.41, 5.74) is 6.59. The fraction of sp³-hybridized carbons (Fsp3) is 0.227. The molecule has 0 spiro atoms. The number of rotatable bonds is 3. The van der Waals surface area contributed by atoms with Crippen LogP contribution < -0.4 is 4.90 Å². The summed E-state index contributed by atoms with van der Waals surface area (Å²) in [7, 11) is 0. The van der Waals surface area contributed by atoms with Crippen LogP contribution in [0.4, 0.5) is 5.69 Å². The van der Waals surface area contributed by atoms with Gasteiger partial charge in [-0.25, -0.2) is 19.9 Å². The van der Waals surface area contributed by atoms with Crippen LogP contribution >= 0.6 is 0 Å². The molecule has 4 aromatic heterocycles. The van der Waals surface area contributed by atoms with Crippen molar-refractivity contribution >= 4 is 27.8 Å². The van der Waals surface area contributed by atoms with Gasteiger partial charge in [-0.3, -0.25) is 5.10 Å². The quantitative estimate of drug-likeness (QED) is 0.479. The summed E-state index contributed by atoms with van der Waals surface area (Å²) in [6, 6.07) is 8.23. The number of imidazole rings is 1.